The zero-order valence-corrected chi connectivity index (χ0v) is 25.9. The molecule has 0 amide bonds. The fourth-order valence-electron chi connectivity index (χ4n) is 3.09. The number of aliphatic carboxylic acids is 1. The summed E-state index contributed by atoms with van der Waals surface area (Å²) in [6, 6.07) is 3.59. The standard InChI is InChI=1S/C29H45NO11/c1-16(2)19(7)36-25(33)38-22-13-12-21(14-23(22)39-26(34)37-20(8)17(3)4)15-29(24(31)32,30-18(5)6)41-27(35)40-28(9,10)11/h12-14,16-20,30H,15H2,1-11H3,(H,31,32)/t19?,20?,29-/m0/s1. The number of carboxylic acid groups (broad SMARTS) is 1. The van der Waals surface area contributed by atoms with Crippen molar-refractivity contribution in [3.05, 3.63) is 23.8 Å². The van der Waals surface area contributed by atoms with Gasteiger partial charge in [-0.2, -0.15) is 0 Å². The van der Waals surface area contributed by atoms with Gasteiger partial charge in [-0.25, -0.2) is 19.2 Å². The highest BCUT2D eigenvalue weighted by Gasteiger charge is 2.45. The zero-order valence-electron chi connectivity index (χ0n) is 25.9. The molecule has 0 aliphatic rings. The SMILES string of the molecule is CC(C)N[C@@](Cc1ccc(OC(=O)OC(C)C(C)C)c(OC(=O)OC(C)C(C)C)c1)(OC(=O)OC(C)(C)C)C(=O)O. The van der Waals surface area contributed by atoms with Crippen molar-refractivity contribution in [1.82, 2.24) is 5.32 Å². The molecule has 1 aromatic carbocycles. The van der Waals surface area contributed by atoms with Crippen LogP contribution in [0.25, 0.3) is 0 Å². The van der Waals surface area contributed by atoms with Gasteiger partial charge in [0.05, 0.1) is 0 Å². The summed E-state index contributed by atoms with van der Waals surface area (Å²) in [7, 11) is 0. The first kappa shape index (κ1) is 35.5. The van der Waals surface area contributed by atoms with E-state index >= 15 is 0 Å². The lowest BCUT2D eigenvalue weighted by molar-refractivity contribution is -0.169. The number of hydrogen-bond donors (Lipinski definition) is 2. The molecule has 3 atom stereocenters. The zero-order chi connectivity index (χ0) is 31.7. The molecule has 1 aromatic rings. The average Bonchev–Trinajstić information content (AvgIpc) is 2.78. The van der Waals surface area contributed by atoms with Gasteiger partial charge in [-0.15, -0.1) is 0 Å². The van der Waals surface area contributed by atoms with E-state index in [0.29, 0.717) is 0 Å². The Kier molecular flexibility index (Phi) is 12.9. The maximum absolute atomic E-state index is 12.6. The molecule has 0 saturated heterocycles. The predicted octanol–water partition coefficient (Wildman–Crippen LogP) is 6.08. The van der Waals surface area contributed by atoms with E-state index in [1.54, 1.807) is 48.5 Å². The van der Waals surface area contributed by atoms with Gasteiger partial charge >= 0.3 is 24.4 Å². The van der Waals surface area contributed by atoms with E-state index in [9.17, 15) is 24.3 Å². The summed E-state index contributed by atoms with van der Waals surface area (Å²) in [6.07, 6.45) is -4.63. The summed E-state index contributed by atoms with van der Waals surface area (Å²) in [5, 5.41) is 12.9. The number of benzene rings is 1. The minimum atomic E-state index is -2.26. The molecule has 0 bridgehead atoms. The number of nitrogens with one attached hydrogen (secondary N) is 1. The summed E-state index contributed by atoms with van der Waals surface area (Å²) in [5.41, 5.74) is -2.94. The highest BCUT2D eigenvalue weighted by atomic mass is 16.8. The second-order valence-corrected chi connectivity index (χ2v) is 11.8. The van der Waals surface area contributed by atoms with E-state index < -0.39 is 60.4 Å². The number of rotatable bonds is 12. The molecule has 0 heterocycles. The van der Waals surface area contributed by atoms with Gasteiger partial charge in [0, 0.05) is 12.5 Å². The van der Waals surface area contributed by atoms with E-state index in [4.69, 9.17) is 28.4 Å². The van der Waals surface area contributed by atoms with E-state index in [0.717, 1.165) is 0 Å². The molecule has 0 radical (unpaired) electrons. The van der Waals surface area contributed by atoms with E-state index in [1.165, 1.54) is 18.2 Å². The van der Waals surface area contributed by atoms with Crippen molar-refractivity contribution in [3.8, 4) is 11.5 Å². The van der Waals surface area contributed by atoms with Gasteiger partial charge < -0.3 is 33.5 Å². The number of carbonyl (C=O) groups is 4. The van der Waals surface area contributed by atoms with Crippen LogP contribution in [0, 0.1) is 11.8 Å². The molecule has 1 rings (SSSR count). The fourth-order valence-corrected chi connectivity index (χ4v) is 3.09. The Hall–Kier alpha value is -3.54. The smallest absolute Gasteiger partial charge is 0.477 e. The van der Waals surface area contributed by atoms with Crippen molar-refractivity contribution >= 4 is 24.4 Å². The lowest BCUT2D eigenvalue weighted by Gasteiger charge is -2.33. The van der Waals surface area contributed by atoms with Crippen LogP contribution in [0.4, 0.5) is 14.4 Å². The van der Waals surface area contributed by atoms with E-state index in [2.05, 4.69) is 5.32 Å². The first-order valence-electron chi connectivity index (χ1n) is 13.6. The van der Waals surface area contributed by atoms with Crippen molar-refractivity contribution in [2.75, 3.05) is 0 Å². The maximum Gasteiger partial charge on any atom is 0.514 e. The second-order valence-electron chi connectivity index (χ2n) is 11.8. The Balaban J connectivity index is 3.47. The minimum Gasteiger partial charge on any atom is -0.477 e. The molecule has 0 aliphatic heterocycles. The molecule has 12 heteroatoms. The highest BCUT2D eigenvalue weighted by Crippen LogP contribution is 2.32. The lowest BCUT2D eigenvalue weighted by atomic mass is 10.0. The van der Waals surface area contributed by atoms with Gasteiger partial charge in [-0.1, -0.05) is 33.8 Å². The van der Waals surface area contributed by atoms with Crippen LogP contribution in [0.5, 0.6) is 11.5 Å². The van der Waals surface area contributed by atoms with Crippen LogP contribution >= 0.6 is 0 Å². The van der Waals surface area contributed by atoms with E-state index in [1.807, 2.05) is 27.7 Å². The average molecular weight is 584 g/mol. The molecular weight excluding hydrogens is 538 g/mol. The first-order chi connectivity index (χ1) is 18.7. The summed E-state index contributed by atoms with van der Waals surface area (Å²) < 4.78 is 31.7. The highest BCUT2D eigenvalue weighted by molar-refractivity contribution is 5.80. The van der Waals surface area contributed by atoms with Crippen molar-refractivity contribution < 1.29 is 52.7 Å². The third kappa shape index (κ3) is 12.2. The van der Waals surface area contributed by atoms with Crippen LogP contribution in [0.15, 0.2) is 18.2 Å². The van der Waals surface area contributed by atoms with Gasteiger partial charge in [0.25, 0.3) is 5.72 Å². The molecule has 0 fully saturated rings. The normalized spacial score (nSPS) is 14.6. The summed E-state index contributed by atoms with van der Waals surface area (Å²) in [6.45, 7) is 19.0. The van der Waals surface area contributed by atoms with Crippen molar-refractivity contribution in [2.24, 2.45) is 11.8 Å². The third-order valence-corrected chi connectivity index (χ3v) is 5.80. The number of carboxylic acids is 1. The van der Waals surface area contributed by atoms with Gasteiger partial charge in [-0.3, -0.25) is 5.32 Å². The first-order valence-corrected chi connectivity index (χ1v) is 13.6. The third-order valence-electron chi connectivity index (χ3n) is 5.80. The van der Waals surface area contributed by atoms with Crippen LogP contribution in [0.2, 0.25) is 0 Å². The number of ether oxygens (including phenoxy) is 6. The quantitative estimate of drug-likeness (QED) is 0.127. The molecule has 12 nitrogen and oxygen atoms in total. The molecule has 2 N–H and O–H groups in total. The maximum atomic E-state index is 12.6. The fraction of sp³-hybridized carbons (Fsp3) is 0.655. The van der Waals surface area contributed by atoms with Crippen LogP contribution in [-0.4, -0.2) is 59.1 Å². The monoisotopic (exact) mass is 583 g/mol. The summed E-state index contributed by atoms with van der Waals surface area (Å²) >= 11 is 0. The Morgan fingerprint density at radius 1 is 0.756 bits per heavy atom. The minimum absolute atomic E-state index is 0.000368. The van der Waals surface area contributed by atoms with Gasteiger partial charge in [0.1, 0.15) is 17.8 Å². The Morgan fingerprint density at radius 2 is 1.24 bits per heavy atom. The van der Waals surface area contributed by atoms with Gasteiger partial charge in [0.15, 0.2) is 11.5 Å². The predicted molar refractivity (Wildman–Crippen MR) is 149 cm³/mol. The van der Waals surface area contributed by atoms with Crippen molar-refractivity contribution in [3.63, 3.8) is 0 Å². The molecule has 41 heavy (non-hydrogen) atoms. The van der Waals surface area contributed by atoms with E-state index in [-0.39, 0.29) is 28.9 Å². The molecule has 0 spiro atoms. The molecule has 0 aromatic heterocycles. The number of hydrogen-bond acceptors (Lipinski definition) is 11. The molecular formula is C29H45NO11. The van der Waals surface area contributed by atoms with Gasteiger partial charge in [-0.05, 0) is 78.0 Å². The summed E-state index contributed by atoms with van der Waals surface area (Å²) in [4.78, 5) is 50.0. The second kappa shape index (κ2) is 14.9. The lowest BCUT2D eigenvalue weighted by Crippen LogP contribution is -2.59. The summed E-state index contributed by atoms with van der Waals surface area (Å²) in [5.74, 6) is -1.87. The molecule has 0 saturated carbocycles. The molecule has 2 unspecified atom stereocenters. The number of carbonyl (C=O) groups excluding carboxylic acids is 3. The molecule has 232 valence electrons. The van der Waals surface area contributed by atoms with Crippen LogP contribution in [0.3, 0.4) is 0 Å². The van der Waals surface area contributed by atoms with Crippen molar-refractivity contribution in [1.29, 1.82) is 0 Å². The van der Waals surface area contributed by atoms with Crippen molar-refractivity contribution in [2.45, 2.75) is 112 Å². The topological polar surface area (TPSA) is 156 Å². The largest absolute Gasteiger partial charge is 0.514 e. The van der Waals surface area contributed by atoms with Gasteiger partial charge in [0.2, 0.25) is 0 Å². The Morgan fingerprint density at radius 3 is 1.66 bits per heavy atom. The van der Waals surface area contributed by atoms with Crippen LogP contribution in [-0.2, 0) is 30.2 Å². The Labute approximate surface area is 241 Å². The Bertz CT molecular complexity index is 1060. The molecule has 0 aliphatic carbocycles. The van der Waals surface area contributed by atoms with Crippen LogP contribution < -0.4 is 14.8 Å². The van der Waals surface area contributed by atoms with Crippen LogP contribution in [0.1, 0.15) is 81.7 Å².